The fourth-order valence-corrected chi connectivity index (χ4v) is 1.68. The first-order valence-corrected chi connectivity index (χ1v) is 5.87. The fraction of sp³-hybridized carbons (Fsp3) is 0.231. The van der Waals surface area contributed by atoms with Crippen LogP contribution in [0.3, 0.4) is 0 Å². The van der Waals surface area contributed by atoms with E-state index in [9.17, 15) is 4.79 Å². The first-order valence-electron chi connectivity index (χ1n) is 5.87. The second-order valence-electron chi connectivity index (χ2n) is 3.89. The minimum atomic E-state index is -0.536. The second kappa shape index (κ2) is 5.53. The minimum Gasteiger partial charge on any atom is -0.461 e. The number of carbonyl (C=O) groups is 1. The molecule has 100 valence electrons. The summed E-state index contributed by atoms with van der Waals surface area (Å²) in [7, 11) is 0. The lowest BCUT2D eigenvalue weighted by Crippen LogP contribution is -2.09. The number of hydrogen-bond acceptors (Lipinski definition) is 5. The van der Waals surface area contributed by atoms with Crippen LogP contribution in [0.1, 0.15) is 23.0 Å². The summed E-state index contributed by atoms with van der Waals surface area (Å²) >= 11 is 0. The Balaban J connectivity index is 2.32. The molecule has 0 atom stereocenters. The summed E-state index contributed by atoms with van der Waals surface area (Å²) in [4.78, 5) is 15.6. The summed E-state index contributed by atoms with van der Waals surface area (Å²) < 4.78 is 6.46. The largest absolute Gasteiger partial charge is 0.461 e. The molecule has 3 N–H and O–H groups in total. The number of hydrogen-bond donors (Lipinski definition) is 2. The van der Waals surface area contributed by atoms with Crippen molar-refractivity contribution in [2.75, 3.05) is 12.3 Å². The number of nitrogens with two attached hydrogens (primary N) is 1. The Morgan fingerprint density at radius 3 is 2.68 bits per heavy atom. The second-order valence-corrected chi connectivity index (χ2v) is 3.89. The number of benzene rings is 1. The molecule has 0 saturated heterocycles. The summed E-state index contributed by atoms with van der Waals surface area (Å²) in [5.41, 5.74) is 7.55. The molecule has 6 heteroatoms. The number of esters is 1. The zero-order chi connectivity index (χ0) is 13.8. The number of imidazole rings is 1. The van der Waals surface area contributed by atoms with E-state index in [4.69, 9.17) is 15.6 Å². The average molecular weight is 261 g/mol. The van der Waals surface area contributed by atoms with Gasteiger partial charge >= 0.3 is 5.97 Å². The van der Waals surface area contributed by atoms with Crippen LogP contribution in [-0.4, -0.2) is 27.2 Å². The van der Waals surface area contributed by atoms with Gasteiger partial charge in [-0.1, -0.05) is 12.1 Å². The number of nitrogens with zero attached hydrogens (tertiary/aromatic N) is 2. The molecule has 0 fully saturated rings. The summed E-state index contributed by atoms with van der Waals surface area (Å²) in [6, 6.07) is 7.13. The summed E-state index contributed by atoms with van der Waals surface area (Å²) in [5.74, 6) is -0.305. The minimum absolute atomic E-state index is 0.0201. The van der Waals surface area contributed by atoms with Gasteiger partial charge in [0.2, 0.25) is 0 Å². The van der Waals surface area contributed by atoms with Crippen molar-refractivity contribution in [3.8, 4) is 5.69 Å². The van der Waals surface area contributed by atoms with Crippen LogP contribution in [0.2, 0.25) is 0 Å². The number of anilines is 1. The highest BCUT2D eigenvalue weighted by Gasteiger charge is 2.17. The predicted molar refractivity (Wildman–Crippen MR) is 69.9 cm³/mol. The van der Waals surface area contributed by atoms with Gasteiger partial charge in [0.15, 0.2) is 5.69 Å². The van der Waals surface area contributed by atoms with Crippen molar-refractivity contribution in [3.63, 3.8) is 0 Å². The Morgan fingerprint density at radius 2 is 2.11 bits per heavy atom. The Hall–Kier alpha value is -2.34. The van der Waals surface area contributed by atoms with Crippen molar-refractivity contribution in [1.82, 2.24) is 9.55 Å². The van der Waals surface area contributed by atoms with Gasteiger partial charge in [-0.05, 0) is 24.6 Å². The number of rotatable bonds is 4. The molecule has 0 saturated carbocycles. The van der Waals surface area contributed by atoms with E-state index < -0.39 is 5.97 Å². The molecule has 1 heterocycles. The van der Waals surface area contributed by atoms with Crippen molar-refractivity contribution in [1.29, 1.82) is 0 Å². The van der Waals surface area contributed by atoms with E-state index in [1.54, 1.807) is 35.8 Å². The Labute approximate surface area is 110 Å². The van der Waals surface area contributed by atoms with Crippen molar-refractivity contribution < 1.29 is 14.6 Å². The number of ether oxygens (including phenoxy) is 1. The van der Waals surface area contributed by atoms with Gasteiger partial charge in [-0.25, -0.2) is 9.78 Å². The van der Waals surface area contributed by atoms with Crippen molar-refractivity contribution in [2.24, 2.45) is 0 Å². The van der Waals surface area contributed by atoms with Gasteiger partial charge in [0.25, 0.3) is 0 Å². The highest BCUT2D eigenvalue weighted by Crippen LogP contribution is 2.18. The first-order chi connectivity index (χ1) is 9.17. The number of aliphatic hydroxyl groups is 1. The average Bonchev–Trinajstić information content (AvgIpc) is 2.81. The van der Waals surface area contributed by atoms with Gasteiger partial charge in [-0.15, -0.1) is 0 Å². The van der Waals surface area contributed by atoms with Gasteiger partial charge < -0.3 is 15.6 Å². The lowest BCUT2D eigenvalue weighted by Gasteiger charge is -2.06. The lowest BCUT2D eigenvalue weighted by atomic mass is 10.2. The monoisotopic (exact) mass is 261 g/mol. The third-order valence-electron chi connectivity index (χ3n) is 2.67. The van der Waals surface area contributed by atoms with Crippen molar-refractivity contribution in [3.05, 3.63) is 41.9 Å². The van der Waals surface area contributed by atoms with E-state index in [1.165, 1.54) is 6.33 Å². The van der Waals surface area contributed by atoms with Crippen LogP contribution >= 0.6 is 0 Å². The molecule has 0 spiro atoms. The van der Waals surface area contributed by atoms with Crippen molar-refractivity contribution in [2.45, 2.75) is 13.5 Å². The van der Waals surface area contributed by atoms with Crippen LogP contribution in [0.4, 0.5) is 5.82 Å². The van der Waals surface area contributed by atoms with Crippen LogP contribution in [0.15, 0.2) is 30.6 Å². The third-order valence-corrected chi connectivity index (χ3v) is 2.67. The van der Waals surface area contributed by atoms with Gasteiger partial charge in [0.1, 0.15) is 12.1 Å². The molecule has 0 radical (unpaired) electrons. The fourth-order valence-electron chi connectivity index (χ4n) is 1.68. The number of nitrogen functional groups attached to an aromatic ring is 1. The number of aliphatic hydroxyl groups excluding tert-OH is 1. The summed E-state index contributed by atoms with van der Waals surface area (Å²) in [5, 5.41) is 8.98. The molecule has 1 aromatic carbocycles. The predicted octanol–water partition coefficient (Wildman–Crippen LogP) is 1.12. The molecule has 0 amide bonds. The maximum Gasteiger partial charge on any atom is 0.360 e. The van der Waals surface area contributed by atoms with E-state index in [1.807, 2.05) is 0 Å². The molecule has 1 aromatic heterocycles. The Bertz CT molecular complexity index is 575. The molecule has 0 aliphatic heterocycles. The first kappa shape index (κ1) is 13.1. The van der Waals surface area contributed by atoms with Crippen LogP contribution < -0.4 is 5.73 Å². The SMILES string of the molecule is CCOC(=O)c1ncn(-c2ccc(CO)cc2)c1N. The molecule has 6 nitrogen and oxygen atoms in total. The van der Waals surface area contributed by atoms with Gasteiger partial charge in [0, 0.05) is 5.69 Å². The van der Waals surface area contributed by atoms with Crippen LogP contribution in [0, 0.1) is 0 Å². The molecular formula is C13H15N3O3. The van der Waals surface area contributed by atoms with Gasteiger partial charge in [0.05, 0.1) is 13.2 Å². The summed E-state index contributed by atoms with van der Waals surface area (Å²) in [6.07, 6.45) is 1.47. The van der Waals surface area contributed by atoms with Gasteiger partial charge in [-0.3, -0.25) is 4.57 Å². The molecule has 0 bridgehead atoms. The van der Waals surface area contributed by atoms with E-state index >= 15 is 0 Å². The Morgan fingerprint density at radius 1 is 1.42 bits per heavy atom. The maximum absolute atomic E-state index is 11.6. The molecule has 2 rings (SSSR count). The van der Waals surface area contributed by atoms with Gasteiger partial charge in [-0.2, -0.15) is 0 Å². The molecule has 0 unspecified atom stereocenters. The maximum atomic E-state index is 11.6. The highest BCUT2D eigenvalue weighted by atomic mass is 16.5. The quantitative estimate of drug-likeness (QED) is 0.805. The van der Waals surface area contributed by atoms with E-state index in [2.05, 4.69) is 4.98 Å². The van der Waals surface area contributed by atoms with E-state index in [-0.39, 0.29) is 24.7 Å². The van der Waals surface area contributed by atoms with E-state index in [0.717, 1.165) is 11.3 Å². The molecular weight excluding hydrogens is 246 g/mol. The number of aromatic nitrogens is 2. The van der Waals surface area contributed by atoms with Crippen molar-refractivity contribution >= 4 is 11.8 Å². The van der Waals surface area contributed by atoms with E-state index in [0.29, 0.717) is 0 Å². The van der Waals surface area contributed by atoms with Crippen LogP contribution in [-0.2, 0) is 11.3 Å². The molecule has 0 aliphatic rings. The van der Waals surface area contributed by atoms with Crippen LogP contribution in [0.5, 0.6) is 0 Å². The Kier molecular flexibility index (Phi) is 3.82. The zero-order valence-corrected chi connectivity index (χ0v) is 10.5. The number of carbonyl (C=O) groups excluding carboxylic acids is 1. The highest BCUT2D eigenvalue weighted by molar-refractivity contribution is 5.92. The normalized spacial score (nSPS) is 10.4. The topological polar surface area (TPSA) is 90.4 Å². The molecule has 19 heavy (non-hydrogen) atoms. The molecule has 0 aliphatic carbocycles. The zero-order valence-electron chi connectivity index (χ0n) is 10.5. The van der Waals surface area contributed by atoms with Crippen LogP contribution in [0.25, 0.3) is 5.69 Å². The standard InChI is InChI=1S/C13H15N3O3/c1-2-19-13(18)11-12(14)16(8-15-11)10-5-3-9(7-17)4-6-10/h3-6,8,17H,2,7,14H2,1H3. The molecule has 2 aromatic rings. The smallest absolute Gasteiger partial charge is 0.360 e. The third kappa shape index (κ3) is 2.58. The lowest BCUT2D eigenvalue weighted by molar-refractivity contribution is 0.0521. The summed E-state index contributed by atoms with van der Waals surface area (Å²) in [6.45, 7) is 1.97.